The van der Waals surface area contributed by atoms with E-state index in [0.717, 1.165) is 57.9 Å². The van der Waals surface area contributed by atoms with Gasteiger partial charge in [0.15, 0.2) is 5.96 Å². The summed E-state index contributed by atoms with van der Waals surface area (Å²) < 4.78 is 4.88. The Morgan fingerprint density at radius 2 is 2.04 bits per heavy atom. The molecule has 6 nitrogen and oxygen atoms in total. The van der Waals surface area contributed by atoms with E-state index in [2.05, 4.69) is 53.2 Å². The predicted octanol–water partition coefficient (Wildman–Crippen LogP) is 2.29. The summed E-state index contributed by atoms with van der Waals surface area (Å²) in [6.07, 6.45) is 2.77. The second kappa shape index (κ2) is 9.11. The van der Waals surface area contributed by atoms with Gasteiger partial charge in [0.05, 0.1) is 19.6 Å². The number of anilines is 1. The lowest BCUT2D eigenvalue weighted by molar-refractivity contribution is -0.146. The summed E-state index contributed by atoms with van der Waals surface area (Å²) in [4.78, 5) is 21.3. The van der Waals surface area contributed by atoms with Crippen molar-refractivity contribution in [3.8, 4) is 0 Å². The first-order valence-electron chi connectivity index (χ1n) is 10.1. The summed E-state index contributed by atoms with van der Waals surface area (Å²) in [6.45, 7) is 8.59. The Labute approximate surface area is 162 Å². The standard InChI is InChI=1S/C21H32N4O2/c1-4-22-21(24-12-9-17(10-13-24)20(26)27-3)23-11-14-25-16(2)15-18-7-5-6-8-19(18)25/h5-8,16-17H,4,9-15H2,1-3H3,(H,22,23). The molecule has 1 saturated heterocycles. The topological polar surface area (TPSA) is 57.2 Å². The Morgan fingerprint density at radius 3 is 2.74 bits per heavy atom. The van der Waals surface area contributed by atoms with Gasteiger partial charge in [-0.1, -0.05) is 18.2 Å². The molecule has 6 heteroatoms. The zero-order valence-corrected chi connectivity index (χ0v) is 16.8. The van der Waals surface area contributed by atoms with Gasteiger partial charge < -0.3 is 19.9 Å². The van der Waals surface area contributed by atoms with Crippen molar-refractivity contribution in [2.75, 3.05) is 44.7 Å². The van der Waals surface area contributed by atoms with Gasteiger partial charge in [0.25, 0.3) is 0 Å². The molecular weight excluding hydrogens is 340 g/mol. The number of benzene rings is 1. The Bertz CT molecular complexity index is 668. The number of para-hydroxylation sites is 1. The van der Waals surface area contributed by atoms with E-state index in [1.54, 1.807) is 0 Å². The van der Waals surface area contributed by atoms with Crippen molar-refractivity contribution in [1.29, 1.82) is 0 Å². The molecule has 2 aliphatic rings. The quantitative estimate of drug-likeness (QED) is 0.488. The zero-order chi connectivity index (χ0) is 19.2. The first-order chi connectivity index (χ1) is 13.1. The molecule has 1 N–H and O–H groups in total. The largest absolute Gasteiger partial charge is 0.469 e. The van der Waals surface area contributed by atoms with Gasteiger partial charge in [-0.2, -0.15) is 0 Å². The molecule has 0 aromatic heterocycles. The number of hydrogen-bond donors (Lipinski definition) is 1. The van der Waals surface area contributed by atoms with Gasteiger partial charge in [-0.15, -0.1) is 0 Å². The van der Waals surface area contributed by atoms with Crippen molar-refractivity contribution in [2.24, 2.45) is 10.9 Å². The lowest BCUT2D eigenvalue weighted by atomic mass is 9.97. The highest BCUT2D eigenvalue weighted by molar-refractivity contribution is 5.80. The average molecular weight is 373 g/mol. The fourth-order valence-corrected chi connectivity index (χ4v) is 4.15. The first kappa shape index (κ1) is 19.5. The minimum Gasteiger partial charge on any atom is -0.469 e. The minimum atomic E-state index is -0.0849. The van der Waals surface area contributed by atoms with Crippen molar-refractivity contribution in [3.05, 3.63) is 29.8 Å². The van der Waals surface area contributed by atoms with Gasteiger partial charge in [-0.25, -0.2) is 0 Å². The number of piperidine rings is 1. The maximum atomic E-state index is 11.7. The third kappa shape index (κ3) is 4.54. The molecular formula is C21H32N4O2. The molecule has 3 rings (SSSR count). The molecule has 0 saturated carbocycles. The van der Waals surface area contributed by atoms with Crippen LogP contribution in [0.1, 0.15) is 32.3 Å². The normalized spacial score (nSPS) is 20.6. The van der Waals surface area contributed by atoms with Crippen molar-refractivity contribution < 1.29 is 9.53 Å². The van der Waals surface area contributed by atoms with E-state index in [-0.39, 0.29) is 11.9 Å². The Kier molecular flexibility index (Phi) is 6.58. The van der Waals surface area contributed by atoms with Gasteiger partial charge in [-0.05, 0) is 44.7 Å². The van der Waals surface area contributed by atoms with Crippen LogP contribution in [0.4, 0.5) is 5.69 Å². The van der Waals surface area contributed by atoms with E-state index in [4.69, 9.17) is 9.73 Å². The Balaban J connectivity index is 1.58. The summed E-state index contributed by atoms with van der Waals surface area (Å²) in [5.74, 6) is 0.898. The highest BCUT2D eigenvalue weighted by Crippen LogP contribution is 2.31. The molecule has 0 radical (unpaired) electrons. The van der Waals surface area contributed by atoms with Crippen molar-refractivity contribution in [1.82, 2.24) is 10.2 Å². The van der Waals surface area contributed by atoms with Gasteiger partial charge >= 0.3 is 5.97 Å². The minimum absolute atomic E-state index is 0.0241. The van der Waals surface area contributed by atoms with Gasteiger partial charge in [0.1, 0.15) is 0 Å². The van der Waals surface area contributed by atoms with Crippen LogP contribution in [0.25, 0.3) is 0 Å². The number of guanidine groups is 1. The molecule has 2 heterocycles. The number of fused-ring (bicyclic) bond motifs is 1. The van der Waals surface area contributed by atoms with E-state index in [0.29, 0.717) is 6.04 Å². The number of carbonyl (C=O) groups is 1. The number of ether oxygens (including phenoxy) is 1. The number of nitrogens with one attached hydrogen (secondary N) is 1. The highest BCUT2D eigenvalue weighted by atomic mass is 16.5. The van der Waals surface area contributed by atoms with Crippen molar-refractivity contribution >= 4 is 17.6 Å². The molecule has 1 aromatic carbocycles. The third-order valence-electron chi connectivity index (χ3n) is 5.61. The molecule has 0 amide bonds. The number of hydrogen-bond acceptors (Lipinski definition) is 4. The second-order valence-electron chi connectivity index (χ2n) is 7.40. The van der Waals surface area contributed by atoms with Gasteiger partial charge in [0, 0.05) is 37.9 Å². The van der Waals surface area contributed by atoms with E-state index in [9.17, 15) is 4.79 Å². The molecule has 0 bridgehead atoms. The summed E-state index contributed by atoms with van der Waals surface area (Å²) in [7, 11) is 1.47. The number of likely N-dealkylation sites (tertiary alicyclic amines) is 1. The summed E-state index contributed by atoms with van der Waals surface area (Å²) in [6, 6.07) is 9.20. The van der Waals surface area contributed by atoms with Gasteiger partial charge in [-0.3, -0.25) is 9.79 Å². The fourth-order valence-electron chi connectivity index (χ4n) is 4.15. The van der Waals surface area contributed by atoms with Crippen LogP contribution in [0.15, 0.2) is 29.3 Å². The fraction of sp³-hybridized carbons (Fsp3) is 0.619. The molecule has 2 aliphatic heterocycles. The summed E-state index contributed by atoms with van der Waals surface area (Å²) in [5, 5.41) is 3.41. The first-order valence-corrected chi connectivity index (χ1v) is 10.1. The molecule has 0 aliphatic carbocycles. The van der Waals surface area contributed by atoms with Crippen molar-refractivity contribution in [3.63, 3.8) is 0 Å². The third-order valence-corrected chi connectivity index (χ3v) is 5.61. The number of nitrogens with zero attached hydrogens (tertiary/aromatic N) is 3. The molecule has 148 valence electrons. The van der Waals surface area contributed by atoms with E-state index >= 15 is 0 Å². The SMILES string of the molecule is CCNC(=NCCN1c2ccccc2CC1C)N1CCC(C(=O)OC)CC1. The maximum Gasteiger partial charge on any atom is 0.308 e. The number of rotatable bonds is 5. The number of carbonyl (C=O) groups excluding carboxylic acids is 1. The average Bonchev–Trinajstić information content (AvgIpc) is 3.02. The number of esters is 1. The molecule has 1 aromatic rings. The van der Waals surface area contributed by atoms with Gasteiger partial charge in [0.2, 0.25) is 0 Å². The molecule has 1 unspecified atom stereocenters. The second-order valence-corrected chi connectivity index (χ2v) is 7.40. The monoisotopic (exact) mass is 372 g/mol. The number of methoxy groups -OCH3 is 1. The molecule has 1 atom stereocenters. The van der Waals surface area contributed by atoms with Crippen LogP contribution < -0.4 is 10.2 Å². The van der Waals surface area contributed by atoms with E-state index in [1.807, 2.05) is 0 Å². The molecule has 1 fully saturated rings. The van der Waals surface area contributed by atoms with E-state index in [1.165, 1.54) is 18.4 Å². The van der Waals surface area contributed by atoms with Crippen LogP contribution in [-0.2, 0) is 16.0 Å². The van der Waals surface area contributed by atoms with Crippen LogP contribution >= 0.6 is 0 Å². The molecule has 0 spiro atoms. The molecule has 27 heavy (non-hydrogen) atoms. The van der Waals surface area contributed by atoms with Crippen LogP contribution in [0.5, 0.6) is 0 Å². The number of aliphatic imine (C=N–C) groups is 1. The summed E-state index contributed by atoms with van der Waals surface area (Å²) >= 11 is 0. The van der Waals surface area contributed by atoms with E-state index < -0.39 is 0 Å². The Morgan fingerprint density at radius 1 is 1.30 bits per heavy atom. The van der Waals surface area contributed by atoms with Crippen LogP contribution in [0, 0.1) is 5.92 Å². The van der Waals surface area contributed by atoms with Crippen LogP contribution in [0.3, 0.4) is 0 Å². The van der Waals surface area contributed by atoms with Crippen LogP contribution in [-0.4, -0.2) is 62.7 Å². The summed E-state index contributed by atoms with van der Waals surface area (Å²) in [5.41, 5.74) is 2.79. The predicted molar refractivity (Wildman–Crippen MR) is 109 cm³/mol. The lowest BCUT2D eigenvalue weighted by Gasteiger charge is -2.33. The van der Waals surface area contributed by atoms with Crippen LogP contribution in [0.2, 0.25) is 0 Å². The highest BCUT2D eigenvalue weighted by Gasteiger charge is 2.27. The van der Waals surface area contributed by atoms with Crippen molar-refractivity contribution in [2.45, 2.75) is 39.2 Å². The maximum absolute atomic E-state index is 11.7. The Hall–Kier alpha value is -2.24. The zero-order valence-electron chi connectivity index (χ0n) is 16.8. The smallest absolute Gasteiger partial charge is 0.308 e. The lowest BCUT2D eigenvalue weighted by Crippen LogP contribution is -2.47.